The first-order valence-corrected chi connectivity index (χ1v) is 3.23. The van der Waals surface area contributed by atoms with Gasteiger partial charge in [-0.25, -0.2) is 0 Å². The van der Waals surface area contributed by atoms with Crippen LogP contribution in [0, 0.1) is 0 Å². The Morgan fingerprint density at radius 2 is 1.45 bits per heavy atom. The van der Waals surface area contributed by atoms with Gasteiger partial charge in [0.15, 0.2) is 0 Å². The van der Waals surface area contributed by atoms with Gasteiger partial charge in [-0.3, -0.25) is 9.59 Å². The number of carbonyl (C=O) groups is 3. The largest absolute Gasteiger partial charge is 0.393 e. The lowest BCUT2D eigenvalue weighted by Gasteiger charge is -1.79. The van der Waals surface area contributed by atoms with E-state index in [1.54, 1.807) is 0 Å². The average Bonchev–Trinajstić information content (AvgIpc) is 2.13. The Hall–Kier alpha value is -1.19. The molecule has 4 nitrogen and oxygen atoms in total. The fourth-order valence-corrected chi connectivity index (χ4v) is 0.433. The summed E-state index contributed by atoms with van der Waals surface area (Å²) in [5, 5.41) is 0. The summed E-state index contributed by atoms with van der Waals surface area (Å²) in [5.41, 5.74) is 0. The van der Waals surface area contributed by atoms with Crippen molar-refractivity contribution in [3.05, 3.63) is 0 Å². The minimum atomic E-state index is -0.398. The Labute approximate surface area is 64.5 Å². The standard InChI is InChI=1S/C4H4O3.C3H6O/c5-3-1-2-4(6)7-3;1-3(2)4/h1-2H2;1-2H3. The van der Waals surface area contributed by atoms with E-state index < -0.39 is 11.9 Å². The van der Waals surface area contributed by atoms with Crippen LogP contribution >= 0.6 is 0 Å². The highest BCUT2D eigenvalue weighted by molar-refractivity contribution is 5.92. The summed E-state index contributed by atoms with van der Waals surface area (Å²) in [6, 6.07) is 0. The van der Waals surface area contributed by atoms with Crippen LogP contribution in [0.5, 0.6) is 0 Å². The van der Waals surface area contributed by atoms with E-state index in [2.05, 4.69) is 4.74 Å². The smallest absolute Gasteiger partial charge is 0.314 e. The highest BCUT2D eigenvalue weighted by atomic mass is 16.6. The van der Waals surface area contributed by atoms with E-state index in [1.807, 2.05) is 0 Å². The summed E-state index contributed by atoms with van der Waals surface area (Å²) in [6.07, 6.45) is 0.525. The molecular formula is C7H10O4. The Kier molecular flexibility index (Phi) is 4.10. The molecule has 1 saturated heterocycles. The van der Waals surface area contributed by atoms with Crippen LogP contribution < -0.4 is 0 Å². The summed E-state index contributed by atoms with van der Waals surface area (Å²) >= 11 is 0. The number of hydrogen-bond donors (Lipinski definition) is 0. The first-order valence-electron chi connectivity index (χ1n) is 3.23. The average molecular weight is 158 g/mol. The van der Waals surface area contributed by atoms with E-state index in [9.17, 15) is 14.4 Å². The molecule has 0 atom stereocenters. The topological polar surface area (TPSA) is 60.4 Å². The van der Waals surface area contributed by atoms with Crippen LogP contribution in [0.4, 0.5) is 0 Å². The summed E-state index contributed by atoms with van der Waals surface area (Å²) < 4.78 is 4.08. The van der Waals surface area contributed by atoms with Gasteiger partial charge in [0, 0.05) is 0 Å². The van der Waals surface area contributed by atoms with Crippen LogP contribution in [0.3, 0.4) is 0 Å². The predicted octanol–water partition coefficient (Wildman–Crippen LogP) is 0.445. The van der Waals surface area contributed by atoms with Gasteiger partial charge in [0.1, 0.15) is 5.78 Å². The molecular weight excluding hydrogens is 148 g/mol. The van der Waals surface area contributed by atoms with E-state index in [0.29, 0.717) is 0 Å². The van der Waals surface area contributed by atoms with Crippen molar-refractivity contribution in [3.63, 3.8) is 0 Å². The summed E-state index contributed by atoms with van der Waals surface area (Å²) in [6.45, 7) is 3.06. The highest BCUT2D eigenvalue weighted by Gasteiger charge is 2.19. The maximum Gasteiger partial charge on any atom is 0.314 e. The van der Waals surface area contributed by atoms with Gasteiger partial charge in [0.2, 0.25) is 0 Å². The second kappa shape index (κ2) is 4.60. The zero-order chi connectivity index (χ0) is 8.85. The molecule has 1 rings (SSSR count). The van der Waals surface area contributed by atoms with Crippen LogP contribution in [-0.2, 0) is 19.1 Å². The zero-order valence-electron chi connectivity index (χ0n) is 6.55. The van der Waals surface area contributed by atoms with Crippen LogP contribution in [0.2, 0.25) is 0 Å². The fraction of sp³-hybridized carbons (Fsp3) is 0.571. The third-order valence-corrected chi connectivity index (χ3v) is 0.761. The van der Waals surface area contributed by atoms with E-state index in [1.165, 1.54) is 13.8 Å². The lowest BCUT2D eigenvalue weighted by Crippen LogP contribution is -1.94. The molecule has 1 heterocycles. The summed E-state index contributed by atoms with van der Waals surface area (Å²) in [5.74, 6) is -0.630. The number of ether oxygens (including phenoxy) is 1. The molecule has 0 bridgehead atoms. The molecule has 11 heavy (non-hydrogen) atoms. The first-order chi connectivity index (χ1) is 5.02. The number of rotatable bonds is 0. The Morgan fingerprint density at radius 1 is 1.18 bits per heavy atom. The summed E-state index contributed by atoms with van der Waals surface area (Å²) in [7, 11) is 0. The molecule has 1 aliphatic rings. The van der Waals surface area contributed by atoms with Crippen molar-refractivity contribution in [2.75, 3.05) is 0 Å². The van der Waals surface area contributed by atoms with E-state index in [-0.39, 0.29) is 18.6 Å². The van der Waals surface area contributed by atoms with Crippen LogP contribution in [0.25, 0.3) is 0 Å². The van der Waals surface area contributed by atoms with Crippen molar-refractivity contribution >= 4 is 17.7 Å². The van der Waals surface area contributed by atoms with Crippen molar-refractivity contribution in [1.82, 2.24) is 0 Å². The Morgan fingerprint density at radius 3 is 1.55 bits per heavy atom. The molecule has 0 aromatic rings. The van der Waals surface area contributed by atoms with E-state index >= 15 is 0 Å². The van der Waals surface area contributed by atoms with Crippen LogP contribution in [0.15, 0.2) is 0 Å². The van der Waals surface area contributed by atoms with Crippen LogP contribution in [-0.4, -0.2) is 17.7 Å². The number of Topliss-reactive ketones (excluding diaryl/α,β-unsaturated/α-hetero) is 1. The number of ketones is 1. The van der Waals surface area contributed by atoms with E-state index in [0.717, 1.165) is 0 Å². The lowest BCUT2D eigenvalue weighted by molar-refractivity contribution is -0.152. The van der Waals surface area contributed by atoms with Crippen molar-refractivity contribution in [1.29, 1.82) is 0 Å². The number of hydrogen-bond acceptors (Lipinski definition) is 4. The molecule has 4 heteroatoms. The maximum absolute atomic E-state index is 10.0. The Bertz CT molecular complexity index is 165. The van der Waals surface area contributed by atoms with Gasteiger partial charge < -0.3 is 9.53 Å². The second-order valence-electron chi connectivity index (χ2n) is 2.25. The molecule has 1 fully saturated rings. The normalized spacial score (nSPS) is 15.1. The van der Waals surface area contributed by atoms with Gasteiger partial charge in [-0.2, -0.15) is 0 Å². The molecule has 0 amide bonds. The van der Waals surface area contributed by atoms with Gasteiger partial charge in [-0.1, -0.05) is 0 Å². The third-order valence-electron chi connectivity index (χ3n) is 0.761. The van der Waals surface area contributed by atoms with Crippen molar-refractivity contribution in [2.24, 2.45) is 0 Å². The maximum atomic E-state index is 10.0. The molecule has 0 unspecified atom stereocenters. The van der Waals surface area contributed by atoms with Crippen molar-refractivity contribution in [2.45, 2.75) is 26.7 Å². The van der Waals surface area contributed by atoms with Crippen LogP contribution in [0.1, 0.15) is 26.7 Å². The molecule has 0 saturated carbocycles. The first kappa shape index (κ1) is 9.81. The van der Waals surface area contributed by atoms with Crippen molar-refractivity contribution in [3.8, 4) is 0 Å². The number of cyclic esters (lactones) is 2. The fourth-order valence-electron chi connectivity index (χ4n) is 0.433. The molecule has 0 aromatic carbocycles. The van der Waals surface area contributed by atoms with Gasteiger partial charge in [0.25, 0.3) is 0 Å². The molecule has 62 valence electrons. The summed E-state index contributed by atoms with van der Waals surface area (Å²) in [4.78, 5) is 29.5. The van der Waals surface area contributed by atoms with Crippen molar-refractivity contribution < 1.29 is 19.1 Å². The Balaban J connectivity index is 0.000000218. The quantitative estimate of drug-likeness (QED) is 0.379. The van der Waals surface area contributed by atoms with Gasteiger partial charge in [0.05, 0.1) is 12.8 Å². The minimum Gasteiger partial charge on any atom is -0.393 e. The third kappa shape index (κ3) is 6.70. The molecule has 0 aromatic heterocycles. The molecule has 0 N–H and O–H groups in total. The van der Waals surface area contributed by atoms with Gasteiger partial charge in [-0.15, -0.1) is 0 Å². The lowest BCUT2D eigenvalue weighted by atomic mass is 10.4. The van der Waals surface area contributed by atoms with Gasteiger partial charge in [-0.05, 0) is 13.8 Å². The molecule has 0 spiro atoms. The molecule has 1 aliphatic heterocycles. The minimum absolute atomic E-state index is 0.167. The van der Waals surface area contributed by atoms with Gasteiger partial charge >= 0.3 is 11.9 Å². The zero-order valence-corrected chi connectivity index (χ0v) is 6.55. The SMILES string of the molecule is CC(C)=O.O=C1CCC(=O)O1. The molecule has 0 radical (unpaired) electrons. The second-order valence-corrected chi connectivity index (χ2v) is 2.25. The monoisotopic (exact) mass is 158 g/mol. The molecule has 0 aliphatic carbocycles. The van der Waals surface area contributed by atoms with E-state index in [4.69, 9.17) is 0 Å². The predicted molar refractivity (Wildman–Crippen MR) is 36.7 cm³/mol. The number of carbonyl (C=O) groups excluding carboxylic acids is 3. The number of esters is 2. The highest BCUT2D eigenvalue weighted by Crippen LogP contribution is 2.03.